The maximum Gasteiger partial charge on any atom is 0.433 e. The van der Waals surface area contributed by atoms with Crippen LogP contribution in [0.1, 0.15) is 43.4 Å². The van der Waals surface area contributed by atoms with E-state index < -0.39 is 11.9 Å². The van der Waals surface area contributed by atoms with E-state index in [9.17, 15) is 13.2 Å². The van der Waals surface area contributed by atoms with Crippen LogP contribution in [-0.2, 0) is 6.18 Å². The summed E-state index contributed by atoms with van der Waals surface area (Å²) in [4.78, 5) is 7.89. The molecule has 1 fully saturated rings. The average Bonchev–Trinajstić information content (AvgIpc) is 2.57. The van der Waals surface area contributed by atoms with Crippen molar-refractivity contribution < 1.29 is 13.2 Å². The highest BCUT2D eigenvalue weighted by atomic mass is 19.4. The zero-order valence-corrected chi connectivity index (χ0v) is 14.0. The summed E-state index contributed by atoms with van der Waals surface area (Å²) in [5, 5.41) is 6.00. The molecule has 1 heterocycles. The fourth-order valence-electron chi connectivity index (χ4n) is 2.94. The van der Waals surface area contributed by atoms with Crippen LogP contribution in [0.4, 0.5) is 30.6 Å². The van der Waals surface area contributed by atoms with E-state index in [4.69, 9.17) is 0 Å². The van der Waals surface area contributed by atoms with Gasteiger partial charge in [0.2, 0.25) is 5.95 Å². The molecule has 2 N–H and O–H groups in total. The van der Waals surface area contributed by atoms with Gasteiger partial charge in [-0.15, -0.1) is 0 Å². The molecular formula is C18H21F3N4. The largest absolute Gasteiger partial charge is 0.433 e. The number of benzene rings is 1. The Labute approximate surface area is 144 Å². The van der Waals surface area contributed by atoms with Crippen molar-refractivity contribution in [1.29, 1.82) is 0 Å². The quantitative estimate of drug-likeness (QED) is 0.786. The number of rotatable bonds is 4. The zero-order chi connectivity index (χ0) is 17.9. The van der Waals surface area contributed by atoms with Crippen LogP contribution in [0.25, 0.3) is 0 Å². The molecule has 3 rings (SSSR count). The Balaban J connectivity index is 1.85. The van der Waals surface area contributed by atoms with Crippen molar-refractivity contribution in [2.45, 2.75) is 51.2 Å². The highest BCUT2D eigenvalue weighted by Gasteiger charge is 2.34. The van der Waals surface area contributed by atoms with Gasteiger partial charge in [0.15, 0.2) is 5.69 Å². The Morgan fingerprint density at radius 3 is 2.32 bits per heavy atom. The molecular weight excluding hydrogens is 329 g/mol. The van der Waals surface area contributed by atoms with Gasteiger partial charge in [-0.05, 0) is 31.9 Å². The van der Waals surface area contributed by atoms with E-state index in [1.54, 1.807) is 12.1 Å². The predicted molar refractivity (Wildman–Crippen MR) is 92.0 cm³/mol. The lowest BCUT2D eigenvalue weighted by atomic mass is 9.96. The van der Waals surface area contributed by atoms with Gasteiger partial charge in [0.1, 0.15) is 5.82 Å². The lowest BCUT2D eigenvalue weighted by Gasteiger charge is -2.23. The summed E-state index contributed by atoms with van der Waals surface area (Å²) >= 11 is 0. The minimum absolute atomic E-state index is 0.0244. The molecule has 0 spiro atoms. The molecule has 0 amide bonds. The first kappa shape index (κ1) is 17.5. The molecule has 0 saturated heterocycles. The topological polar surface area (TPSA) is 49.8 Å². The number of aryl methyl sites for hydroxylation is 1. The molecule has 0 radical (unpaired) electrons. The molecule has 0 atom stereocenters. The minimum atomic E-state index is -4.52. The summed E-state index contributed by atoms with van der Waals surface area (Å²) in [7, 11) is 0. The molecule has 1 saturated carbocycles. The van der Waals surface area contributed by atoms with Gasteiger partial charge < -0.3 is 10.6 Å². The highest BCUT2D eigenvalue weighted by Crippen LogP contribution is 2.31. The van der Waals surface area contributed by atoms with Gasteiger partial charge in [-0.2, -0.15) is 18.2 Å². The Kier molecular flexibility index (Phi) is 5.11. The molecule has 25 heavy (non-hydrogen) atoms. The summed E-state index contributed by atoms with van der Waals surface area (Å²) in [5.41, 5.74) is 0.806. The summed E-state index contributed by atoms with van der Waals surface area (Å²) in [6, 6.07) is 8.44. The second kappa shape index (κ2) is 7.29. The minimum Gasteiger partial charge on any atom is -0.351 e. The molecule has 0 aliphatic heterocycles. The fourth-order valence-corrected chi connectivity index (χ4v) is 2.94. The zero-order valence-electron chi connectivity index (χ0n) is 14.0. The van der Waals surface area contributed by atoms with Crippen LogP contribution in [0.5, 0.6) is 0 Å². The number of hydrogen-bond donors (Lipinski definition) is 2. The Morgan fingerprint density at radius 1 is 1.00 bits per heavy atom. The molecule has 4 nitrogen and oxygen atoms in total. The molecule has 1 aromatic carbocycles. The third-order valence-electron chi connectivity index (χ3n) is 4.28. The van der Waals surface area contributed by atoms with Gasteiger partial charge in [-0.25, -0.2) is 4.98 Å². The van der Waals surface area contributed by atoms with Crippen molar-refractivity contribution in [1.82, 2.24) is 9.97 Å². The van der Waals surface area contributed by atoms with Crippen LogP contribution < -0.4 is 10.6 Å². The van der Waals surface area contributed by atoms with E-state index >= 15 is 0 Å². The predicted octanol–water partition coefficient (Wildman–Crippen LogP) is 5.29. The van der Waals surface area contributed by atoms with Crippen molar-refractivity contribution in [3.8, 4) is 0 Å². The molecule has 1 aliphatic rings. The van der Waals surface area contributed by atoms with Gasteiger partial charge >= 0.3 is 6.18 Å². The van der Waals surface area contributed by atoms with Gasteiger partial charge in [-0.1, -0.05) is 37.0 Å². The van der Waals surface area contributed by atoms with E-state index in [-0.39, 0.29) is 17.8 Å². The molecule has 1 aliphatic carbocycles. The third-order valence-corrected chi connectivity index (χ3v) is 4.28. The van der Waals surface area contributed by atoms with E-state index in [1.807, 2.05) is 19.1 Å². The van der Waals surface area contributed by atoms with Crippen molar-refractivity contribution in [3.63, 3.8) is 0 Å². The Bertz CT molecular complexity index is 707. The molecule has 0 unspecified atom stereocenters. The molecule has 2 aromatic rings. The van der Waals surface area contributed by atoms with E-state index in [0.717, 1.165) is 37.3 Å². The Hall–Kier alpha value is -2.31. The van der Waals surface area contributed by atoms with Crippen molar-refractivity contribution in [3.05, 3.63) is 41.6 Å². The first-order chi connectivity index (χ1) is 11.9. The summed E-state index contributed by atoms with van der Waals surface area (Å²) < 4.78 is 39.5. The van der Waals surface area contributed by atoms with E-state index in [2.05, 4.69) is 20.6 Å². The molecule has 1 aromatic heterocycles. The number of hydrogen-bond acceptors (Lipinski definition) is 4. The molecule has 7 heteroatoms. The summed E-state index contributed by atoms with van der Waals surface area (Å²) in [6.07, 6.45) is 0.661. The maximum absolute atomic E-state index is 13.2. The van der Waals surface area contributed by atoms with Gasteiger partial charge in [-0.3, -0.25) is 0 Å². The molecule has 0 bridgehead atoms. The van der Waals surface area contributed by atoms with Crippen LogP contribution in [0.15, 0.2) is 30.3 Å². The van der Waals surface area contributed by atoms with Crippen LogP contribution in [0.2, 0.25) is 0 Å². The standard InChI is InChI=1S/C18H21F3N4/c1-12-7-9-14(10-8-12)22-16-11-15(18(19,20)21)24-17(25-16)23-13-5-3-2-4-6-13/h7-11,13H,2-6H2,1H3,(H2,22,23,24,25). The number of halogens is 3. The highest BCUT2D eigenvalue weighted by molar-refractivity contribution is 5.58. The summed E-state index contributed by atoms with van der Waals surface area (Å²) in [6.45, 7) is 1.95. The lowest BCUT2D eigenvalue weighted by Crippen LogP contribution is -2.24. The SMILES string of the molecule is Cc1ccc(Nc2cc(C(F)(F)F)nc(NC3CCCCC3)n2)cc1. The van der Waals surface area contributed by atoms with Crippen LogP contribution in [-0.4, -0.2) is 16.0 Å². The summed E-state index contributed by atoms with van der Waals surface area (Å²) in [5.74, 6) is 0.154. The number of nitrogens with zero attached hydrogens (tertiary/aromatic N) is 2. The van der Waals surface area contributed by atoms with Crippen molar-refractivity contribution in [2.24, 2.45) is 0 Å². The van der Waals surface area contributed by atoms with E-state index in [1.165, 1.54) is 6.42 Å². The van der Waals surface area contributed by atoms with Gasteiger partial charge in [0, 0.05) is 17.8 Å². The lowest BCUT2D eigenvalue weighted by molar-refractivity contribution is -0.141. The molecule has 134 valence electrons. The third kappa shape index (κ3) is 4.84. The first-order valence-electron chi connectivity index (χ1n) is 8.47. The second-order valence-electron chi connectivity index (χ2n) is 6.43. The van der Waals surface area contributed by atoms with Crippen LogP contribution in [0, 0.1) is 6.92 Å². The number of anilines is 3. The average molecular weight is 350 g/mol. The number of alkyl halides is 3. The first-order valence-corrected chi connectivity index (χ1v) is 8.47. The smallest absolute Gasteiger partial charge is 0.351 e. The van der Waals surface area contributed by atoms with Crippen molar-refractivity contribution >= 4 is 17.5 Å². The fraction of sp³-hybridized carbons (Fsp3) is 0.444. The Morgan fingerprint density at radius 2 is 1.68 bits per heavy atom. The van der Waals surface area contributed by atoms with E-state index in [0.29, 0.717) is 5.69 Å². The number of aromatic nitrogens is 2. The van der Waals surface area contributed by atoms with Crippen LogP contribution in [0.3, 0.4) is 0 Å². The number of nitrogens with one attached hydrogen (secondary N) is 2. The van der Waals surface area contributed by atoms with Crippen molar-refractivity contribution in [2.75, 3.05) is 10.6 Å². The maximum atomic E-state index is 13.2. The second-order valence-corrected chi connectivity index (χ2v) is 6.43. The monoisotopic (exact) mass is 350 g/mol. The normalized spacial score (nSPS) is 15.8. The van der Waals surface area contributed by atoms with Crippen LogP contribution >= 0.6 is 0 Å². The van der Waals surface area contributed by atoms with Gasteiger partial charge in [0.05, 0.1) is 0 Å². The van der Waals surface area contributed by atoms with Gasteiger partial charge in [0.25, 0.3) is 0 Å².